The van der Waals surface area contributed by atoms with Gasteiger partial charge >= 0.3 is 0 Å². The third kappa shape index (κ3) is 3.54. The van der Waals surface area contributed by atoms with Gasteiger partial charge in [0, 0.05) is 20.2 Å². The van der Waals surface area contributed by atoms with E-state index in [2.05, 4.69) is 17.1 Å². The molecule has 2 heteroatoms. The van der Waals surface area contributed by atoms with Gasteiger partial charge in [-0.1, -0.05) is 12.2 Å². The molecule has 64 valence electrons. The van der Waals surface area contributed by atoms with E-state index in [1.807, 2.05) is 0 Å². The number of methoxy groups -OCH3 is 1. The zero-order valence-corrected chi connectivity index (χ0v) is 7.25. The Balaban J connectivity index is 2.16. The summed E-state index contributed by atoms with van der Waals surface area (Å²) in [6, 6.07) is 0. The molecule has 0 saturated heterocycles. The number of hydrogen-bond acceptors (Lipinski definition) is 2. The van der Waals surface area contributed by atoms with Crippen LogP contribution in [0.1, 0.15) is 12.8 Å². The Morgan fingerprint density at radius 2 is 2.36 bits per heavy atom. The zero-order valence-electron chi connectivity index (χ0n) is 7.25. The van der Waals surface area contributed by atoms with Crippen LogP contribution in [-0.4, -0.2) is 38.3 Å². The lowest BCUT2D eigenvalue weighted by atomic mass is 10.3. The van der Waals surface area contributed by atoms with Gasteiger partial charge in [-0.05, 0) is 19.4 Å². The third-order valence-electron chi connectivity index (χ3n) is 1.99. The predicted octanol–water partition coefficient (Wildman–Crippen LogP) is 1.28. The van der Waals surface area contributed by atoms with E-state index >= 15 is 0 Å². The summed E-state index contributed by atoms with van der Waals surface area (Å²) in [5.74, 6) is 0. The molecule has 0 aromatic heterocycles. The van der Waals surface area contributed by atoms with Crippen LogP contribution in [0.15, 0.2) is 12.2 Å². The van der Waals surface area contributed by atoms with Crippen molar-refractivity contribution in [1.82, 2.24) is 4.90 Å². The van der Waals surface area contributed by atoms with Crippen LogP contribution in [0.2, 0.25) is 0 Å². The van der Waals surface area contributed by atoms with Gasteiger partial charge in [0.15, 0.2) is 0 Å². The molecule has 11 heavy (non-hydrogen) atoms. The fourth-order valence-corrected chi connectivity index (χ4v) is 1.29. The van der Waals surface area contributed by atoms with Crippen LogP contribution >= 0.6 is 0 Å². The molecule has 1 aliphatic rings. The maximum atomic E-state index is 5.02. The third-order valence-corrected chi connectivity index (χ3v) is 1.99. The van der Waals surface area contributed by atoms with E-state index < -0.39 is 0 Å². The molecule has 0 unspecified atom stereocenters. The van der Waals surface area contributed by atoms with Crippen molar-refractivity contribution in [3.63, 3.8) is 0 Å². The van der Waals surface area contributed by atoms with Gasteiger partial charge in [-0.15, -0.1) is 0 Å². The van der Waals surface area contributed by atoms with E-state index in [1.165, 1.54) is 19.4 Å². The Labute approximate surface area is 68.8 Å². The molecular formula is C9H17NO. The minimum atomic E-state index is 0.855. The van der Waals surface area contributed by atoms with Gasteiger partial charge in [-0.25, -0.2) is 0 Å². The summed E-state index contributed by atoms with van der Waals surface area (Å²) in [7, 11) is 1.76. The topological polar surface area (TPSA) is 12.5 Å². The first-order valence-corrected chi connectivity index (χ1v) is 4.30. The number of ether oxygens (including phenoxy) is 1. The Morgan fingerprint density at radius 3 is 3.18 bits per heavy atom. The van der Waals surface area contributed by atoms with Crippen LogP contribution < -0.4 is 0 Å². The van der Waals surface area contributed by atoms with E-state index in [1.54, 1.807) is 7.11 Å². The monoisotopic (exact) mass is 155 g/mol. The minimum Gasteiger partial charge on any atom is -0.383 e. The van der Waals surface area contributed by atoms with Gasteiger partial charge in [0.1, 0.15) is 0 Å². The van der Waals surface area contributed by atoms with Crippen LogP contribution in [0.3, 0.4) is 0 Å². The van der Waals surface area contributed by atoms with Gasteiger partial charge in [0.25, 0.3) is 0 Å². The molecule has 0 spiro atoms. The van der Waals surface area contributed by atoms with Crippen molar-refractivity contribution in [1.29, 1.82) is 0 Å². The fourth-order valence-electron chi connectivity index (χ4n) is 1.29. The van der Waals surface area contributed by atoms with Gasteiger partial charge in [-0.3, -0.25) is 4.90 Å². The normalized spacial score (nSPS) is 20.1. The number of allylic oxidation sites excluding steroid dienone is 1. The summed E-state index contributed by atoms with van der Waals surface area (Å²) in [6.45, 7) is 4.24. The number of rotatable bonds is 3. The lowest BCUT2D eigenvalue weighted by Crippen LogP contribution is -2.27. The van der Waals surface area contributed by atoms with E-state index in [9.17, 15) is 0 Å². The van der Waals surface area contributed by atoms with Gasteiger partial charge in [0.05, 0.1) is 6.61 Å². The highest BCUT2D eigenvalue weighted by Gasteiger charge is 2.03. The molecule has 0 fully saturated rings. The van der Waals surface area contributed by atoms with Crippen molar-refractivity contribution >= 4 is 0 Å². The largest absolute Gasteiger partial charge is 0.383 e. The zero-order chi connectivity index (χ0) is 7.94. The van der Waals surface area contributed by atoms with Crippen LogP contribution in [0.25, 0.3) is 0 Å². The molecule has 1 rings (SSSR count). The quantitative estimate of drug-likeness (QED) is 0.569. The molecule has 1 heterocycles. The summed E-state index contributed by atoms with van der Waals surface area (Å²) >= 11 is 0. The van der Waals surface area contributed by atoms with Crippen molar-refractivity contribution < 1.29 is 4.74 Å². The second kappa shape index (κ2) is 5.33. The lowest BCUT2D eigenvalue weighted by Gasteiger charge is -2.17. The molecule has 0 bridgehead atoms. The van der Waals surface area contributed by atoms with Crippen molar-refractivity contribution in [3.8, 4) is 0 Å². The van der Waals surface area contributed by atoms with Crippen LogP contribution in [0, 0.1) is 0 Å². The van der Waals surface area contributed by atoms with Gasteiger partial charge in [-0.2, -0.15) is 0 Å². The Kier molecular flexibility index (Phi) is 4.24. The van der Waals surface area contributed by atoms with Crippen LogP contribution in [0.5, 0.6) is 0 Å². The Bertz CT molecular complexity index is 123. The van der Waals surface area contributed by atoms with Crippen molar-refractivity contribution in [3.05, 3.63) is 12.2 Å². The Hall–Kier alpha value is -0.340. The first-order chi connectivity index (χ1) is 5.43. The lowest BCUT2D eigenvalue weighted by molar-refractivity contribution is 0.155. The smallest absolute Gasteiger partial charge is 0.0589 e. The summed E-state index contributed by atoms with van der Waals surface area (Å²) in [5.41, 5.74) is 0. The second-order valence-corrected chi connectivity index (χ2v) is 2.91. The fraction of sp³-hybridized carbons (Fsp3) is 0.778. The molecule has 1 aliphatic heterocycles. The molecule has 0 radical (unpaired) electrons. The van der Waals surface area contributed by atoms with E-state index in [0.29, 0.717) is 0 Å². The van der Waals surface area contributed by atoms with Crippen LogP contribution in [0.4, 0.5) is 0 Å². The first-order valence-electron chi connectivity index (χ1n) is 4.30. The minimum absolute atomic E-state index is 0.855. The van der Waals surface area contributed by atoms with Gasteiger partial charge in [0.2, 0.25) is 0 Å². The summed E-state index contributed by atoms with van der Waals surface area (Å²) in [5, 5.41) is 0. The maximum Gasteiger partial charge on any atom is 0.0589 e. The molecule has 0 amide bonds. The van der Waals surface area contributed by atoms with Crippen LogP contribution in [-0.2, 0) is 4.74 Å². The van der Waals surface area contributed by atoms with E-state index in [0.717, 1.165) is 19.7 Å². The van der Waals surface area contributed by atoms with E-state index in [-0.39, 0.29) is 0 Å². The predicted molar refractivity (Wildman–Crippen MR) is 46.7 cm³/mol. The number of nitrogens with zero attached hydrogens (tertiary/aromatic N) is 1. The molecular weight excluding hydrogens is 138 g/mol. The Morgan fingerprint density at radius 1 is 1.45 bits per heavy atom. The first kappa shape index (κ1) is 8.75. The molecule has 0 aromatic carbocycles. The molecule has 0 aromatic rings. The molecule has 0 N–H and O–H groups in total. The SMILES string of the molecule is COCCN1CC=CCCC1. The summed E-state index contributed by atoms with van der Waals surface area (Å²) in [4.78, 5) is 2.42. The molecule has 2 nitrogen and oxygen atoms in total. The van der Waals surface area contributed by atoms with Crippen molar-refractivity contribution in [2.24, 2.45) is 0 Å². The standard InChI is InChI=1S/C9H17NO/c1-11-9-8-10-6-4-2-3-5-7-10/h2,4H,3,5-9H2,1H3. The summed E-state index contributed by atoms with van der Waals surface area (Å²) in [6.07, 6.45) is 7.05. The van der Waals surface area contributed by atoms with Gasteiger partial charge < -0.3 is 4.74 Å². The number of hydrogen-bond donors (Lipinski definition) is 0. The van der Waals surface area contributed by atoms with E-state index in [4.69, 9.17) is 4.74 Å². The van der Waals surface area contributed by atoms with Crippen molar-refractivity contribution in [2.75, 3.05) is 33.4 Å². The average Bonchev–Trinajstić information content (AvgIpc) is 2.28. The highest BCUT2D eigenvalue weighted by molar-refractivity contribution is 4.88. The maximum absolute atomic E-state index is 5.02. The highest BCUT2D eigenvalue weighted by Crippen LogP contribution is 2.01. The second-order valence-electron chi connectivity index (χ2n) is 2.91. The average molecular weight is 155 g/mol. The van der Waals surface area contributed by atoms with Crippen molar-refractivity contribution in [2.45, 2.75) is 12.8 Å². The summed E-state index contributed by atoms with van der Waals surface area (Å²) < 4.78 is 5.02. The molecule has 0 saturated carbocycles. The molecule has 0 atom stereocenters. The molecule has 0 aliphatic carbocycles. The highest BCUT2D eigenvalue weighted by atomic mass is 16.5.